The Labute approximate surface area is 117 Å². The van der Waals surface area contributed by atoms with Gasteiger partial charge in [-0.1, -0.05) is 6.92 Å². The van der Waals surface area contributed by atoms with Crippen LogP contribution >= 0.6 is 0 Å². The minimum absolute atomic E-state index is 0.0935. The van der Waals surface area contributed by atoms with Crippen LogP contribution in [-0.4, -0.2) is 56.2 Å². The van der Waals surface area contributed by atoms with E-state index in [9.17, 15) is 22.8 Å². The standard InChI is InChI=1S/C10H19N3O6S/c1-3-4-20(18,19)13-7(2)10(17)12-5-8(14)11-6-9(15)16/h7,13H,3-6H2,1-2H3,(H,11,14)(H,12,17)(H,15,16). The van der Waals surface area contributed by atoms with Crippen LogP contribution in [0.25, 0.3) is 0 Å². The smallest absolute Gasteiger partial charge is 0.322 e. The molecule has 0 saturated heterocycles. The quantitative estimate of drug-likeness (QED) is 0.389. The van der Waals surface area contributed by atoms with E-state index in [1.807, 2.05) is 0 Å². The van der Waals surface area contributed by atoms with Gasteiger partial charge in [-0.25, -0.2) is 13.1 Å². The zero-order chi connectivity index (χ0) is 15.8. The van der Waals surface area contributed by atoms with Crippen molar-refractivity contribution >= 4 is 27.8 Å². The molecule has 10 heteroatoms. The summed E-state index contributed by atoms with van der Waals surface area (Å²) in [6.45, 7) is 2.06. The SMILES string of the molecule is CCCS(=O)(=O)NC(C)C(=O)NCC(=O)NCC(=O)O. The van der Waals surface area contributed by atoms with Crippen LogP contribution in [0.15, 0.2) is 0 Å². The van der Waals surface area contributed by atoms with Crippen molar-refractivity contribution in [2.45, 2.75) is 26.3 Å². The van der Waals surface area contributed by atoms with Gasteiger partial charge in [-0.05, 0) is 13.3 Å². The molecule has 1 atom stereocenters. The molecular formula is C10H19N3O6S. The molecule has 0 radical (unpaired) electrons. The van der Waals surface area contributed by atoms with Crippen molar-refractivity contribution in [3.8, 4) is 0 Å². The summed E-state index contributed by atoms with van der Waals surface area (Å²) in [6, 6.07) is -1.01. The summed E-state index contributed by atoms with van der Waals surface area (Å²) in [4.78, 5) is 32.9. The fourth-order valence-electron chi connectivity index (χ4n) is 1.21. The Kier molecular flexibility index (Phi) is 7.77. The minimum Gasteiger partial charge on any atom is -0.480 e. The maximum absolute atomic E-state index is 11.5. The van der Waals surface area contributed by atoms with Crippen molar-refractivity contribution in [2.75, 3.05) is 18.8 Å². The number of carbonyl (C=O) groups excluding carboxylic acids is 2. The predicted molar refractivity (Wildman–Crippen MR) is 70.3 cm³/mol. The van der Waals surface area contributed by atoms with Gasteiger partial charge in [0.25, 0.3) is 0 Å². The highest BCUT2D eigenvalue weighted by atomic mass is 32.2. The molecule has 1 unspecified atom stereocenters. The zero-order valence-electron chi connectivity index (χ0n) is 11.3. The third kappa shape index (κ3) is 8.43. The lowest BCUT2D eigenvalue weighted by atomic mass is 10.3. The molecule has 9 nitrogen and oxygen atoms in total. The molecule has 20 heavy (non-hydrogen) atoms. The monoisotopic (exact) mass is 309 g/mol. The summed E-state index contributed by atoms with van der Waals surface area (Å²) >= 11 is 0. The first-order chi connectivity index (χ1) is 9.18. The number of hydrogen-bond acceptors (Lipinski definition) is 5. The molecule has 4 N–H and O–H groups in total. The molecule has 0 aliphatic carbocycles. The molecule has 0 aromatic rings. The number of amides is 2. The van der Waals surface area contributed by atoms with Gasteiger partial charge in [-0.2, -0.15) is 0 Å². The number of carboxylic acids is 1. The maximum Gasteiger partial charge on any atom is 0.322 e. The fraction of sp³-hybridized carbons (Fsp3) is 0.700. The first-order valence-electron chi connectivity index (χ1n) is 5.94. The molecule has 0 saturated carbocycles. The number of hydrogen-bond donors (Lipinski definition) is 4. The number of aliphatic carboxylic acids is 1. The topological polar surface area (TPSA) is 142 Å². The van der Waals surface area contributed by atoms with Crippen molar-refractivity contribution in [2.24, 2.45) is 0 Å². The van der Waals surface area contributed by atoms with Crippen LogP contribution in [0.3, 0.4) is 0 Å². The molecule has 0 aromatic carbocycles. The predicted octanol–water partition coefficient (Wildman–Crippen LogP) is -1.98. The third-order valence-electron chi connectivity index (χ3n) is 2.08. The van der Waals surface area contributed by atoms with Crippen LogP contribution in [-0.2, 0) is 24.4 Å². The highest BCUT2D eigenvalue weighted by Gasteiger charge is 2.19. The van der Waals surface area contributed by atoms with E-state index < -0.39 is 46.9 Å². The first-order valence-corrected chi connectivity index (χ1v) is 7.59. The summed E-state index contributed by atoms with van der Waals surface area (Å²) in [7, 11) is -3.53. The number of rotatable bonds is 9. The molecular weight excluding hydrogens is 290 g/mol. The Morgan fingerprint density at radius 2 is 1.75 bits per heavy atom. The number of sulfonamides is 1. The van der Waals surface area contributed by atoms with Gasteiger partial charge in [0, 0.05) is 0 Å². The Morgan fingerprint density at radius 3 is 2.25 bits per heavy atom. The minimum atomic E-state index is -3.53. The first kappa shape index (κ1) is 18.3. The van der Waals surface area contributed by atoms with Gasteiger partial charge >= 0.3 is 5.97 Å². The Balaban J connectivity index is 4.15. The maximum atomic E-state index is 11.5. The number of carboxylic acid groups (broad SMARTS) is 1. The zero-order valence-corrected chi connectivity index (χ0v) is 12.1. The van der Waals surface area contributed by atoms with E-state index in [2.05, 4.69) is 15.4 Å². The highest BCUT2D eigenvalue weighted by Crippen LogP contribution is 1.92. The van der Waals surface area contributed by atoms with E-state index in [1.165, 1.54) is 6.92 Å². The summed E-state index contributed by atoms with van der Waals surface area (Å²) < 4.78 is 25.0. The third-order valence-corrected chi connectivity index (χ3v) is 3.74. The van der Waals surface area contributed by atoms with Crippen LogP contribution < -0.4 is 15.4 Å². The molecule has 0 aromatic heterocycles. The fourth-order valence-corrected chi connectivity index (χ4v) is 2.51. The van der Waals surface area contributed by atoms with Crippen LogP contribution in [0.5, 0.6) is 0 Å². The second-order valence-corrected chi connectivity index (χ2v) is 5.92. The van der Waals surface area contributed by atoms with Crippen molar-refractivity contribution in [3.05, 3.63) is 0 Å². The Morgan fingerprint density at radius 1 is 1.15 bits per heavy atom. The molecule has 0 rings (SSSR count). The van der Waals surface area contributed by atoms with E-state index in [4.69, 9.17) is 5.11 Å². The van der Waals surface area contributed by atoms with Crippen LogP contribution in [0.4, 0.5) is 0 Å². The normalized spacial score (nSPS) is 12.5. The van der Waals surface area contributed by atoms with E-state index in [1.54, 1.807) is 6.92 Å². The van der Waals surface area contributed by atoms with Crippen molar-refractivity contribution in [1.82, 2.24) is 15.4 Å². The Bertz CT molecular complexity index is 462. The summed E-state index contributed by atoms with van der Waals surface area (Å²) in [5, 5.41) is 12.6. The van der Waals surface area contributed by atoms with Crippen LogP contribution in [0.2, 0.25) is 0 Å². The molecule has 0 heterocycles. The van der Waals surface area contributed by atoms with Crippen LogP contribution in [0.1, 0.15) is 20.3 Å². The molecule has 0 fully saturated rings. The van der Waals surface area contributed by atoms with Crippen LogP contribution in [0, 0.1) is 0 Å². The highest BCUT2D eigenvalue weighted by molar-refractivity contribution is 7.89. The van der Waals surface area contributed by atoms with Crippen molar-refractivity contribution in [1.29, 1.82) is 0 Å². The van der Waals surface area contributed by atoms with Crippen molar-refractivity contribution in [3.63, 3.8) is 0 Å². The molecule has 116 valence electrons. The largest absolute Gasteiger partial charge is 0.480 e. The van der Waals surface area contributed by atoms with E-state index >= 15 is 0 Å². The number of carbonyl (C=O) groups is 3. The van der Waals surface area contributed by atoms with Gasteiger partial charge in [-0.15, -0.1) is 0 Å². The molecule has 2 amide bonds. The molecule has 0 spiro atoms. The van der Waals surface area contributed by atoms with E-state index in [0.717, 1.165) is 0 Å². The summed E-state index contributed by atoms with van der Waals surface area (Å²) in [5.74, 6) is -2.64. The summed E-state index contributed by atoms with van der Waals surface area (Å²) in [5.41, 5.74) is 0. The van der Waals surface area contributed by atoms with Gasteiger partial charge < -0.3 is 15.7 Å². The number of nitrogens with one attached hydrogen (secondary N) is 3. The van der Waals surface area contributed by atoms with Gasteiger partial charge in [0.05, 0.1) is 18.3 Å². The molecule has 0 aliphatic rings. The van der Waals surface area contributed by atoms with Gasteiger partial charge in [0.2, 0.25) is 21.8 Å². The van der Waals surface area contributed by atoms with Crippen molar-refractivity contribution < 1.29 is 27.9 Å². The lowest BCUT2D eigenvalue weighted by Gasteiger charge is -2.13. The van der Waals surface area contributed by atoms with E-state index in [-0.39, 0.29) is 5.75 Å². The molecule has 0 aliphatic heterocycles. The van der Waals surface area contributed by atoms with Gasteiger partial charge in [0.15, 0.2) is 0 Å². The van der Waals surface area contributed by atoms with E-state index in [0.29, 0.717) is 6.42 Å². The summed E-state index contributed by atoms with van der Waals surface area (Å²) in [6.07, 6.45) is 0.418. The lowest BCUT2D eigenvalue weighted by molar-refractivity contribution is -0.137. The molecule has 0 bridgehead atoms. The lowest BCUT2D eigenvalue weighted by Crippen LogP contribution is -2.48. The second kappa shape index (κ2) is 8.48. The van der Waals surface area contributed by atoms with Gasteiger partial charge in [-0.3, -0.25) is 14.4 Å². The average molecular weight is 309 g/mol. The Hall–Kier alpha value is -1.68. The van der Waals surface area contributed by atoms with Gasteiger partial charge in [0.1, 0.15) is 6.54 Å². The second-order valence-electron chi connectivity index (χ2n) is 4.05. The average Bonchev–Trinajstić information content (AvgIpc) is 2.32.